The molecule has 0 saturated heterocycles. The summed E-state index contributed by atoms with van der Waals surface area (Å²) in [6.45, 7) is 4.23. The molecule has 1 aromatic carbocycles. The van der Waals surface area contributed by atoms with Crippen molar-refractivity contribution in [2.45, 2.75) is 26.3 Å². The van der Waals surface area contributed by atoms with Gasteiger partial charge in [0.15, 0.2) is 0 Å². The number of aromatic amines is 1. The molecule has 0 bridgehead atoms. The lowest BCUT2D eigenvalue weighted by Gasteiger charge is -2.15. The number of H-pyrrole nitrogens is 1. The maximum absolute atomic E-state index is 8.91. The van der Waals surface area contributed by atoms with E-state index >= 15 is 0 Å². The third-order valence-electron chi connectivity index (χ3n) is 3.47. The van der Waals surface area contributed by atoms with Gasteiger partial charge in [0, 0.05) is 5.56 Å². The number of nitrogens with zero attached hydrogens (tertiary/aromatic N) is 2. The van der Waals surface area contributed by atoms with Crippen molar-refractivity contribution in [1.82, 2.24) is 9.97 Å². The SMILES string of the molecule is CCC(C)C(N)c1ncc(-c2cccc(C#N)c2)[nH]1. The van der Waals surface area contributed by atoms with Crippen LogP contribution in [0, 0.1) is 17.2 Å². The molecule has 4 nitrogen and oxygen atoms in total. The highest BCUT2D eigenvalue weighted by Gasteiger charge is 2.16. The van der Waals surface area contributed by atoms with Crippen LogP contribution in [0.4, 0.5) is 0 Å². The molecule has 2 atom stereocenters. The molecule has 0 spiro atoms. The van der Waals surface area contributed by atoms with E-state index in [1.807, 2.05) is 18.2 Å². The molecule has 0 fully saturated rings. The lowest BCUT2D eigenvalue weighted by atomic mass is 10.00. The quantitative estimate of drug-likeness (QED) is 0.880. The zero-order valence-electron chi connectivity index (χ0n) is 11.2. The molecule has 0 saturated carbocycles. The van der Waals surface area contributed by atoms with E-state index in [0.717, 1.165) is 23.5 Å². The van der Waals surface area contributed by atoms with E-state index in [1.165, 1.54) is 0 Å². The van der Waals surface area contributed by atoms with Crippen molar-refractivity contribution in [3.63, 3.8) is 0 Å². The molecule has 2 unspecified atom stereocenters. The summed E-state index contributed by atoms with van der Waals surface area (Å²) in [5.41, 5.74) is 8.64. The lowest BCUT2D eigenvalue weighted by Crippen LogP contribution is -2.19. The molecule has 1 aromatic heterocycles. The second-order valence-electron chi connectivity index (χ2n) is 4.79. The summed E-state index contributed by atoms with van der Waals surface area (Å²) in [7, 11) is 0. The van der Waals surface area contributed by atoms with E-state index in [0.29, 0.717) is 11.5 Å². The zero-order valence-corrected chi connectivity index (χ0v) is 11.2. The molecule has 1 heterocycles. The van der Waals surface area contributed by atoms with Crippen LogP contribution in [0.3, 0.4) is 0 Å². The zero-order chi connectivity index (χ0) is 13.8. The first-order valence-electron chi connectivity index (χ1n) is 6.46. The second kappa shape index (κ2) is 5.68. The molecule has 0 aliphatic rings. The minimum atomic E-state index is -0.0853. The third-order valence-corrected chi connectivity index (χ3v) is 3.47. The van der Waals surface area contributed by atoms with Crippen LogP contribution < -0.4 is 5.73 Å². The Bertz CT molecular complexity index is 594. The van der Waals surface area contributed by atoms with E-state index in [-0.39, 0.29) is 6.04 Å². The summed E-state index contributed by atoms with van der Waals surface area (Å²) >= 11 is 0. The highest BCUT2D eigenvalue weighted by Crippen LogP contribution is 2.23. The Balaban J connectivity index is 2.28. The molecule has 0 amide bonds. The largest absolute Gasteiger partial charge is 0.341 e. The van der Waals surface area contributed by atoms with Crippen molar-refractivity contribution >= 4 is 0 Å². The predicted octanol–water partition coefficient (Wildman–Crippen LogP) is 2.99. The van der Waals surface area contributed by atoms with Gasteiger partial charge >= 0.3 is 0 Å². The van der Waals surface area contributed by atoms with Gasteiger partial charge in [-0.15, -0.1) is 0 Å². The van der Waals surface area contributed by atoms with Gasteiger partial charge in [-0.3, -0.25) is 0 Å². The van der Waals surface area contributed by atoms with Crippen LogP contribution in [-0.4, -0.2) is 9.97 Å². The van der Waals surface area contributed by atoms with E-state index in [4.69, 9.17) is 11.0 Å². The number of rotatable bonds is 4. The van der Waals surface area contributed by atoms with E-state index in [9.17, 15) is 0 Å². The van der Waals surface area contributed by atoms with Crippen LogP contribution in [0.2, 0.25) is 0 Å². The van der Waals surface area contributed by atoms with Gasteiger partial charge in [-0.25, -0.2) is 4.98 Å². The number of aromatic nitrogens is 2. The van der Waals surface area contributed by atoms with Crippen LogP contribution in [0.25, 0.3) is 11.3 Å². The highest BCUT2D eigenvalue weighted by molar-refractivity contribution is 5.60. The van der Waals surface area contributed by atoms with Crippen molar-refractivity contribution in [3.8, 4) is 17.3 Å². The fourth-order valence-electron chi connectivity index (χ4n) is 1.93. The first-order chi connectivity index (χ1) is 9.15. The molecule has 4 heteroatoms. The molecule has 2 rings (SSSR count). The Hall–Kier alpha value is -2.12. The predicted molar refractivity (Wildman–Crippen MR) is 75.1 cm³/mol. The normalized spacial score (nSPS) is 13.8. The summed E-state index contributed by atoms with van der Waals surface area (Å²) in [6, 6.07) is 9.49. The minimum Gasteiger partial charge on any atom is -0.341 e. The Kier molecular flexibility index (Phi) is 3.98. The van der Waals surface area contributed by atoms with Crippen molar-refractivity contribution in [3.05, 3.63) is 41.9 Å². The third kappa shape index (κ3) is 2.83. The van der Waals surface area contributed by atoms with Gasteiger partial charge in [0.2, 0.25) is 0 Å². The van der Waals surface area contributed by atoms with E-state index < -0.39 is 0 Å². The van der Waals surface area contributed by atoms with Gasteiger partial charge in [0.1, 0.15) is 5.82 Å². The highest BCUT2D eigenvalue weighted by atomic mass is 15.0. The molecule has 0 aliphatic heterocycles. The maximum Gasteiger partial charge on any atom is 0.123 e. The fraction of sp³-hybridized carbons (Fsp3) is 0.333. The van der Waals surface area contributed by atoms with Gasteiger partial charge < -0.3 is 10.7 Å². The van der Waals surface area contributed by atoms with Crippen LogP contribution in [0.15, 0.2) is 30.5 Å². The Morgan fingerprint density at radius 3 is 2.95 bits per heavy atom. The summed E-state index contributed by atoms with van der Waals surface area (Å²) in [5.74, 6) is 1.18. The van der Waals surface area contributed by atoms with Crippen LogP contribution in [-0.2, 0) is 0 Å². The molecule has 0 radical (unpaired) electrons. The van der Waals surface area contributed by atoms with Crippen molar-refractivity contribution in [2.24, 2.45) is 11.7 Å². The van der Waals surface area contributed by atoms with Crippen LogP contribution in [0.1, 0.15) is 37.7 Å². The Morgan fingerprint density at radius 1 is 1.47 bits per heavy atom. The Labute approximate surface area is 113 Å². The number of nitrogens with two attached hydrogens (primary N) is 1. The molecule has 3 N–H and O–H groups in total. The first-order valence-corrected chi connectivity index (χ1v) is 6.46. The second-order valence-corrected chi connectivity index (χ2v) is 4.79. The van der Waals surface area contributed by atoms with Gasteiger partial charge in [-0.1, -0.05) is 32.4 Å². The lowest BCUT2D eigenvalue weighted by molar-refractivity contribution is 0.441. The van der Waals surface area contributed by atoms with Gasteiger partial charge in [-0.2, -0.15) is 5.26 Å². The standard InChI is InChI=1S/C15H18N4/c1-3-10(2)14(17)15-18-9-13(19-15)12-6-4-5-11(7-12)8-16/h4-7,9-10,14H,3,17H2,1-2H3,(H,18,19). The molecule has 19 heavy (non-hydrogen) atoms. The van der Waals surface area contributed by atoms with E-state index in [1.54, 1.807) is 12.3 Å². The van der Waals surface area contributed by atoms with Crippen LogP contribution in [0.5, 0.6) is 0 Å². The topological polar surface area (TPSA) is 78.5 Å². The summed E-state index contributed by atoms with van der Waals surface area (Å²) < 4.78 is 0. The first kappa shape index (κ1) is 13.3. The van der Waals surface area contributed by atoms with Gasteiger partial charge in [-0.05, 0) is 18.1 Å². The number of benzene rings is 1. The molecule has 0 aliphatic carbocycles. The Morgan fingerprint density at radius 2 is 2.26 bits per heavy atom. The maximum atomic E-state index is 8.91. The fourth-order valence-corrected chi connectivity index (χ4v) is 1.93. The van der Waals surface area contributed by atoms with Gasteiger partial charge in [0.25, 0.3) is 0 Å². The van der Waals surface area contributed by atoms with Crippen molar-refractivity contribution < 1.29 is 0 Å². The molecular formula is C15H18N4. The molecular weight excluding hydrogens is 236 g/mol. The minimum absolute atomic E-state index is 0.0853. The van der Waals surface area contributed by atoms with Crippen molar-refractivity contribution in [2.75, 3.05) is 0 Å². The smallest absolute Gasteiger partial charge is 0.123 e. The van der Waals surface area contributed by atoms with E-state index in [2.05, 4.69) is 29.9 Å². The number of nitrogens with one attached hydrogen (secondary N) is 1. The van der Waals surface area contributed by atoms with Crippen LogP contribution >= 0.6 is 0 Å². The van der Waals surface area contributed by atoms with Gasteiger partial charge in [0.05, 0.1) is 29.6 Å². The summed E-state index contributed by atoms with van der Waals surface area (Å²) in [4.78, 5) is 7.60. The number of hydrogen-bond donors (Lipinski definition) is 2. The number of nitriles is 1. The average molecular weight is 254 g/mol. The number of imidazole rings is 1. The molecule has 2 aromatic rings. The molecule has 98 valence electrons. The average Bonchev–Trinajstić information content (AvgIpc) is 2.95. The summed E-state index contributed by atoms with van der Waals surface area (Å²) in [5, 5.41) is 8.91. The summed E-state index contributed by atoms with van der Waals surface area (Å²) in [6.07, 6.45) is 2.79. The van der Waals surface area contributed by atoms with Crippen molar-refractivity contribution in [1.29, 1.82) is 5.26 Å². The monoisotopic (exact) mass is 254 g/mol. The number of hydrogen-bond acceptors (Lipinski definition) is 3.